The first-order valence-corrected chi connectivity index (χ1v) is 8.75. The molecule has 1 aliphatic rings. The molecule has 0 saturated carbocycles. The lowest BCUT2D eigenvalue weighted by molar-refractivity contribution is -0.115. The van der Waals surface area contributed by atoms with Gasteiger partial charge in [0.25, 0.3) is 11.1 Å². The van der Waals surface area contributed by atoms with Crippen molar-refractivity contribution in [1.29, 1.82) is 0 Å². The van der Waals surface area contributed by atoms with Gasteiger partial charge in [-0.05, 0) is 35.5 Å². The van der Waals surface area contributed by atoms with Gasteiger partial charge in [-0.25, -0.2) is 0 Å². The number of benzene rings is 1. The number of nitrogens with zero attached hydrogens (tertiary/aromatic N) is 1. The van der Waals surface area contributed by atoms with Gasteiger partial charge >= 0.3 is 0 Å². The first kappa shape index (κ1) is 17.2. The zero-order valence-corrected chi connectivity index (χ0v) is 15.3. The van der Waals surface area contributed by atoms with E-state index in [1.54, 1.807) is 38.8 Å². The van der Waals surface area contributed by atoms with E-state index in [0.717, 1.165) is 28.3 Å². The quantitative estimate of drug-likeness (QED) is 0.686. The van der Waals surface area contributed by atoms with Crippen LogP contribution in [0, 0.1) is 0 Å². The number of hydrogen-bond acceptors (Lipinski definition) is 7. The van der Waals surface area contributed by atoms with Gasteiger partial charge in [-0.1, -0.05) is 6.07 Å². The van der Waals surface area contributed by atoms with Crippen LogP contribution in [0.25, 0.3) is 28.2 Å². The minimum atomic E-state index is -0.427. The summed E-state index contributed by atoms with van der Waals surface area (Å²) in [6, 6.07) is 7.31. The molecule has 1 aliphatic heterocycles. The smallest absolute Gasteiger partial charge is 0.290 e. The Balaban J connectivity index is 1.79. The van der Waals surface area contributed by atoms with Crippen molar-refractivity contribution in [2.24, 2.45) is 0 Å². The topological polar surface area (TPSA) is 90.7 Å². The summed E-state index contributed by atoms with van der Waals surface area (Å²) < 4.78 is 16.6. The van der Waals surface area contributed by atoms with Gasteiger partial charge in [-0.2, -0.15) is 0 Å². The van der Waals surface area contributed by atoms with Crippen LogP contribution >= 0.6 is 11.8 Å². The standard InChI is InChI=1S/C19H14N2O5S/c1-24-14-4-3-10(6-15(14)25-2)13-9-20-8-11-5-12(26-17(11)13)7-16-18(22)21-19(23)27-16/h3-9H,1-2H3,(H,21,22,23). The predicted octanol–water partition coefficient (Wildman–Crippen LogP) is 3.84. The highest BCUT2D eigenvalue weighted by Crippen LogP contribution is 2.36. The summed E-state index contributed by atoms with van der Waals surface area (Å²) in [6.07, 6.45) is 4.92. The van der Waals surface area contributed by atoms with E-state index in [0.29, 0.717) is 27.7 Å². The SMILES string of the molecule is COc1ccc(-c2cncc3cc(C=C4SC(=O)NC4=O)oc23)cc1OC. The maximum Gasteiger partial charge on any atom is 0.290 e. The minimum Gasteiger partial charge on any atom is -0.493 e. The van der Waals surface area contributed by atoms with Crippen molar-refractivity contribution < 1.29 is 23.5 Å². The lowest BCUT2D eigenvalue weighted by atomic mass is 10.1. The van der Waals surface area contributed by atoms with Crippen molar-refractivity contribution in [3.8, 4) is 22.6 Å². The van der Waals surface area contributed by atoms with Crippen LogP contribution in [0.4, 0.5) is 4.79 Å². The molecular formula is C19H14N2O5S. The number of methoxy groups -OCH3 is 2. The molecule has 0 atom stereocenters. The lowest BCUT2D eigenvalue weighted by Gasteiger charge is -2.09. The molecule has 8 heteroatoms. The van der Waals surface area contributed by atoms with Gasteiger partial charge in [0.2, 0.25) is 0 Å². The van der Waals surface area contributed by atoms with Gasteiger partial charge < -0.3 is 13.9 Å². The highest BCUT2D eigenvalue weighted by molar-refractivity contribution is 8.18. The highest BCUT2D eigenvalue weighted by Gasteiger charge is 2.25. The number of furan rings is 1. The number of pyridine rings is 1. The van der Waals surface area contributed by atoms with Crippen molar-refractivity contribution in [3.63, 3.8) is 0 Å². The summed E-state index contributed by atoms with van der Waals surface area (Å²) in [5.74, 6) is 1.26. The van der Waals surface area contributed by atoms with E-state index in [4.69, 9.17) is 13.9 Å². The number of nitrogens with one attached hydrogen (secondary N) is 1. The third-order valence-corrected chi connectivity index (χ3v) is 4.86. The van der Waals surface area contributed by atoms with Crippen molar-refractivity contribution in [2.75, 3.05) is 14.2 Å². The number of carbonyl (C=O) groups is 2. The van der Waals surface area contributed by atoms with Crippen LogP contribution in [0.2, 0.25) is 0 Å². The monoisotopic (exact) mass is 382 g/mol. The van der Waals surface area contributed by atoms with Crippen LogP contribution in [0.1, 0.15) is 5.76 Å². The summed E-state index contributed by atoms with van der Waals surface area (Å²) in [6.45, 7) is 0. The average molecular weight is 382 g/mol. The second-order valence-electron chi connectivity index (χ2n) is 5.68. The molecule has 2 aromatic heterocycles. The molecular weight excluding hydrogens is 368 g/mol. The largest absolute Gasteiger partial charge is 0.493 e. The van der Waals surface area contributed by atoms with Gasteiger partial charge in [-0.15, -0.1) is 0 Å². The fourth-order valence-electron chi connectivity index (χ4n) is 2.81. The maximum absolute atomic E-state index is 11.7. The third-order valence-electron chi connectivity index (χ3n) is 4.05. The number of ether oxygens (including phenoxy) is 2. The van der Waals surface area contributed by atoms with Gasteiger partial charge in [-0.3, -0.25) is 19.9 Å². The molecule has 0 radical (unpaired) electrons. The van der Waals surface area contributed by atoms with E-state index in [1.807, 2.05) is 18.2 Å². The first-order valence-electron chi connectivity index (χ1n) is 7.94. The number of thioether (sulfide) groups is 1. The van der Waals surface area contributed by atoms with Gasteiger partial charge in [0.15, 0.2) is 11.5 Å². The van der Waals surface area contributed by atoms with Gasteiger partial charge in [0.1, 0.15) is 11.3 Å². The normalized spacial score (nSPS) is 15.4. The Morgan fingerprint density at radius 3 is 2.63 bits per heavy atom. The Kier molecular flexibility index (Phi) is 4.33. The molecule has 1 N–H and O–H groups in total. The molecule has 0 unspecified atom stereocenters. The Hall–Kier alpha value is -3.26. The van der Waals surface area contributed by atoms with Crippen LogP contribution in [0.15, 0.2) is 46.0 Å². The van der Waals surface area contributed by atoms with Crippen LogP contribution in [0.5, 0.6) is 11.5 Å². The number of amides is 2. The molecule has 0 bridgehead atoms. The predicted molar refractivity (Wildman–Crippen MR) is 102 cm³/mol. The molecule has 2 amide bonds. The van der Waals surface area contributed by atoms with Crippen molar-refractivity contribution in [3.05, 3.63) is 47.3 Å². The summed E-state index contributed by atoms with van der Waals surface area (Å²) in [5, 5.41) is 2.61. The van der Waals surface area contributed by atoms with E-state index < -0.39 is 11.1 Å². The fraction of sp³-hybridized carbons (Fsp3) is 0.105. The number of hydrogen-bond donors (Lipinski definition) is 1. The zero-order chi connectivity index (χ0) is 19.0. The minimum absolute atomic E-state index is 0.291. The molecule has 27 heavy (non-hydrogen) atoms. The van der Waals surface area contributed by atoms with Gasteiger partial charge in [0, 0.05) is 29.4 Å². The second-order valence-corrected chi connectivity index (χ2v) is 6.69. The van der Waals surface area contributed by atoms with Crippen LogP contribution in [-0.4, -0.2) is 30.3 Å². The Bertz CT molecular complexity index is 1100. The zero-order valence-electron chi connectivity index (χ0n) is 14.4. The third kappa shape index (κ3) is 3.15. The van der Waals surface area contributed by atoms with E-state index in [-0.39, 0.29) is 0 Å². The molecule has 136 valence electrons. The molecule has 1 fully saturated rings. The van der Waals surface area contributed by atoms with Crippen LogP contribution in [-0.2, 0) is 4.79 Å². The van der Waals surface area contributed by atoms with Crippen LogP contribution < -0.4 is 14.8 Å². The van der Waals surface area contributed by atoms with E-state index in [1.165, 1.54) is 0 Å². The molecule has 3 aromatic rings. The number of imide groups is 1. The van der Waals surface area contributed by atoms with E-state index >= 15 is 0 Å². The molecule has 1 saturated heterocycles. The average Bonchev–Trinajstić information content (AvgIpc) is 3.22. The first-order chi connectivity index (χ1) is 13.1. The number of fused-ring (bicyclic) bond motifs is 1. The van der Waals surface area contributed by atoms with E-state index in [9.17, 15) is 9.59 Å². The van der Waals surface area contributed by atoms with Crippen LogP contribution in [0.3, 0.4) is 0 Å². The second kappa shape index (κ2) is 6.81. The summed E-state index contributed by atoms with van der Waals surface area (Å²) >= 11 is 0.843. The van der Waals surface area contributed by atoms with E-state index in [2.05, 4.69) is 10.3 Å². The summed E-state index contributed by atoms with van der Waals surface area (Å²) in [4.78, 5) is 27.6. The molecule has 3 heterocycles. The highest BCUT2D eigenvalue weighted by atomic mass is 32.2. The van der Waals surface area contributed by atoms with Gasteiger partial charge in [0.05, 0.1) is 19.1 Å². The number of aromatic nitrogens is 1. The number of carbonyl (C=O) groups excluding carboxylic acids is 2. The Morgan fingerprint density at radius 2 is 1.93 bits per heavy atom. The van der Waals surface area contributed by atoms with Crippen molar-refractivity contribution in [1.82, 2.24) is 10.3 Å². The summed E-state index contributed by atoms with van der Waals surface area (Å²) in [7, 11) is 3.15. The Morgan fingerprint density at radius 1 is 1.11 bits per heavy atom. The molecule has 0 aliphatic carbocycles. The summed E-state index contributed by atoms with van der Waals surface area (Å²) in [5.41, 5.74) is 2.25. The lowest BCUT2D eigenvalue weighted by Crippen LogP contribution is -2.17. The van der Waals surface area contributed by atoms with Crippen molar-refractivity contribution >= 4 is 40.0 Å². The molecule has 4 rings (SSSR count). The molecule has 1 aromatic carbocycles. The fourth-order valence-corrected chi connectivity index (χ4v) is 3.48. The Labute approximate surface area is 158 Å². The molecule has 0 spiro atoms. The number of rotatable bonds is 4. The molecule has 7 nitrogen and oxygen atoms in total. The maximum atomic E-state index is 11.7. The van der Waals surface area contributed by atoms with Crippen molar-refractivity contribution in [2.45, 2.75) is 0 Å².